The van der Waals surface area contributed by atoms with Gasteiger partial charge in [-0.05, 0) is 6.42 Å². The molecular weight excluding hydrogens is 217 g/mol. The van der Waals surface area contributed by atoms with Crippen molar-refractivity contribution in [2.45, 2.75) is 77.0 Å². The third-order valence-corrected chi connectivity index (χ3v) is 2.71. The minimum atomic E-state index is -4.44. The molecule has 0 aromatic rings. The van der Waals surface area contributed by atoms with Crippen LogP contribution in [-0.2, 0) is 0 Å². The van der Waals surface area contributed by atoms with Gasteiger partial charge in [-0.3, -0.25) is 0 Å². The van der Waals surface area contributed by atoms with Crippen LogP contribution in [0.4, 0.5) is 13.2 Å². The maximum Gasteiger partial charge on any atom is 0.414 e. The third kappa shape index (κ3) is 9.01. The minimum Gasteiger partial charge on any atom is -0.384 e. The second-order valence-corrected chi connectivity index (χ2v) is 4.32. The summed E-state index contributed by atoms with van der Waals surface area (Å²) in [4.78, 5) is 0. The molecule has 1 unspecified atom stereocenters. The van der Waals surface area contributed by atoms with Gasteiger partial charge in [0, 0.05) is 0 Å². The van der Waals surface area contributed by atoms with Gasteiger partial charge in [-0.25, -0.2) is 0 Å². The quantitative estimate of drug-likeness (QED) is 0.591. The van der Waals surface area contributed by atoms with Gasteiger partial charge in [-0.15, -0.1) is 0 Å². The van der Waals surface area contributed by atoms with Gasteiger partial charge in [0.25, 0.3) is 0 Å². The molecule has 0 rings (SSSR count). The zero-order chi connectivity index (χ0) is 12.4. The summed E-state index contributed by atoms with van der Waals surface area (Å²) in [6.07, 6.45) is 1.46. The first-order chi connectivity index (χ1) is 7.48. The largest absolute Gasteiger partial charge is 0.414 e. The molecule has 1 N–H and O–H groups in total. The summed E-state index contributed by atoms with van der Waals surface area (Å²) < 4.78 is 35.7. The van der Waals surface area contributed by atoms with Gasteiger partial charge < -0.3 is 5.11 Å². The van der Waals surface area contributed by atoms with Crippen molar-refractivity contribution in [2.75, 3.05) is 0 Å². The summed E-state index contributed by atoms with van der Waals surface area (Å²) in [5.41, 5.74) is 0. The Kier molecular flexibility index (Phi) is 8.71. The fourth-order valence-electron chi connectivity index (χ4n) is 1.64. The summed E-state index contributed by atoms with van der Waals surface area (Å²) in [5, 5.41) is 8.73. The van der Waals surface area contributed by atoms with Crippen LogP contribution in [0.15, 0.2) is 0 Å². The van der Waals surface area contributed by atoms with Crippen molar-refractivity contribution in [1.29, 1.82) is 0 Å². The van der Waals surface area contributed by atoms with Crippen LogP contribution in [0.3, 0.4) is 0 Å². The highest BCUT2D eigenvalue weighted by Crippen LogP contribution is 2.24. The van der Waals surface area contributed by atoms with E-state index in [0.717, 1.165) is 19.3 Å². The number of rotatable bonds is 9. The van der Waals surface area contributed by atoms with Crippen molar-refractivity contribution >= 4 is 0 Å². The Balaban J connectivity index is 3.21. The van der Waals surface area contributed by atoms with Gasteiger partial charge in [0.2, 0.25) is 0 Å². The SMILES string of the molecule is CCCCCCCCCCC(O)C(F)(F)F. The van der Waals surface area contributed by atoms with Crippen LogP contribution < -0.4 is 0 Å². The Morgan fingerprint density at radius 1 is 0.875 bits per heavy atom. The molecule has 0 fully saturated rings. The molecule has 0 saturated carbocycles. The first kappa shape index (κ1) is 15.8. The van der Waals surface area contributed by atoms with Crippen LogP contribution in [0.2, 0.25) is 0 Å². The number of hydrogen-bond acceptors (Lipinski definition) is 1. The molecule has 16 heavy (non-hydrogen) atoms. The number of halogens is 3. The number of aliphatic hydroxyl groups is 1. The van der Waals surface area contributed by atoms with Gasteiger partial charge in [0.15, 0.2) is 0 Å². The Hall–Kier alpha value is -0.250. The van der Waals surface area contributed by atoms with E-state index in [0.29, 0.717) is 6.42 Å². The Morgan fingerprint density at radius 2 is 1.31 bits per heavy atom. The van der Waals surface area contributed by atoms with Crippen molar-refractivity contribution in [3.8, 4) is 0 Å². The smallest absolute Gasteiger partial charge is 0.384 e. The first-order valence-corrected chi connectivity index (χ1v) is 6.23. The second-order valence-electron chi connectivity index (χ2n) is 4.32. The third-order valence-electron chi connectivity index (χ3n) is 2.71. The average Bonchev–Trinajstić information content (AvgIpc) is 2.20. The van der Waals surface area contributed by atoms with E-state index in [4.69, 9.17) is 5.11 Å². The molecule has 98 valence electrons. The molecule has 0 amide bonds. The molecule has 0 aromatic heterocycles. The van der Waals surface area contributed by atoms with Crippen LogP contribution >= 0.6 is 0 Å². The standard InChI is InChI=1S/C12H23F3O/c1-2-3-4-5-6-7-8-9-10-11(16)12(13,14)15/h11,16H,2-10H2,1H3. The molecule has 0 spiro atoms. The monoisotopic (exact) mass is 240 g/mol. The number of unbranched alkanes of at least 4 members (excludes halogenated alkanes) is 7. The highest BCUT2D eigenvalue weighted by atomic mass is 19.4. The Labute approximate surface area is 96.0 Å². The second kappa shape index (κ2) is 8.85. The lowest BCUT2D eigenvalue weighted by Crippen LogP contribution is -2.28. The first-order valence-electron chi connectivity index (χ1n) is 6.23. The van der Waals surface area contributed by atoms with Gasteiger partial charge >= 0.3 is 6.18 Å². The molecule has 0 radical (unpaired) electrons. The fourth-order valence-corrected chi connectivity index (χ4v) is 1.64. The van der Waals surface area contributed by atoms with Crippen LogP contribution in [0, 0.1) is 0 Å². The van der Waals surface area contributed by atoms with E-state index in [9.17, 15) is 13.2 Å². The summed E-state index contributed by atoms with van der Waals surface area (Å²) in [7, 11) is 0. The normalized spacial score (nSPS) is 14.1. The molecule has 0 bridgehead atoms. The van der Waals surface area contributed by atoms with E-state index in [1.165, 1.54) is 25.7 Å². The van der Waals surface area contributed by atoms with Gasteiger partial charge in [-0.2, -0.15) is 13.2 Å². The zero-order valence-corrected chi connectivity index (χ0v) is 10.0. The van der Waals surface area contributed by atoms with E-state index in [1.807, 2.05) is 0 Å². The molecule has 0 aliphatic rings. The van der Waals surface area contributed by atoms with Crippen LogP contribution in [0.1, 0.15) is 64.7 Å². The maximum atomic E-state index is 11.9. The molecule has 0 aliphatic heterocycles. The lowest BCUT2D eigenvalue weighted by atomic mass is 10.1. The summed E-state index contributed by atoms with van der Waals surface area (Å²) in [6.45, 7) is 2.15. The fraction of sp³-hybridized carbons (Fsp3) is 1.00. The Morgan fingerprint density at radius 3 is 1.75 bits per heavy atom. The van der Waals surface area contributed by atoms with Gasteiger partial charge in [0.05, 0.1) is 0 Å². The zero-order valence-electron chi connectivity index (χ0n) is 10.0. The van der Waals surface area contributed by atoms with Crippen LogP contribution in [-0.4, -0.2) is 17.4 Å². The lowest BCUT2D eigenvalue weighted by Gasteiger charge is -2.13. The predicted octanol–water partition coefficient (Wildman–Crippen LogP) is 4.44. The molecule has 1 nitrogen and oxygen atoms in total. The van der Waals surface area contributed by atoms with Crippen molar-refractivity contribution < 1.29 is 18.3 Å². The van der Waals surface area contributed by atoms with Gasteiger partial charge in [0.1, 0.15) is 6.10 Å². The number of aliphatic hydroxyl groups excluding tert-OH is 1. The van der Waals surface area contributed by atoms with E-state index in [2.05, 4.69) is 6.92 Å². The topological polar surface area (TPSA) is 20.2 Å². The molecule has 0 aromatic carbocycles. The Bertz CT molecular complexity index is 157. The van der Waals surface area contributed by atoms with Crippen molar-refractivity contribution in [2.24, 2.45) is 0 Å². The summed E-state index contributed by atoms with van der Waals surface area (Å²) in [5.74, 6) is 0. The average molecular weight is 240 g/mol. The number of alkyl halides is 3. The van der Waals surface area contributed by atoms with Crippen LogP contribution in [0.5, 0.6) is 0 Å². The highest BCUT2D eigenvalue weighted by Gasteiger charge is 2.37. The van der Waals surface area contributed by atoms with E-state index < -0.39 is 12.3 Å². The maximum absolute atomic E-state index is 11.9. The molecule has 1 atom stereocenters. The highest BCUT2D eigenvalue weighted by molar-refractivity contribution is 4.64. The van der Waals surface area contributed by atoms with E-state index >= 15 is 0 Å². The minimum absolute atomic E-state index is 0.154. The van der Waals surface area contributed by atoms with E-state index in [1.54, 1.807) is 0 Å². The number of hydrogen-bond donors (Lipinski definition) is 1. The molecule has 4 heteroatoms. The van der Waals surface area contributed by atoms with Crippen molar-refractivity contribution in [3.05, 3.63) is 0 Å². The van der Waals surface area contributed by atoms with E-state index in [-0.39, 0.29) is 6.42 Å². The molecule has 0 aliphatic carbocycles. The molecule has 0 saturated heterocycles. The summed E-state index contributed by atoms with van der Waals surface area (Å²) in [6, 6.07) is 0. The molecular formula is C12H23F3O. The predicted molar refractivity (Wildman–Crippen MR) is 59.3 cm³/mol. The summed E-state index contributed by atoms with van der Waals surface area (Å²) >= 11 is 0. The van der Waals surface area contributed by atoms with Crippen molar-refractivity contribution in [3.63, 3.8) is 0 Å². The van der Waals surface area contributed by atoms with Crippen LogP contribution in [0.25, 0.3) is 0 Å². The lowest BCUT2D eigenvalue weighted by molar-refractivity contribution is -0.205. The van der Waals surface area contributed by atoms with Crippen molar-refractivity contribution in [1.82, 2.24) is 0 Å². The molecule has 0 heterocycles. The van der Waals surface area contributed by atoms with Gasteiger partial charge in [-0.1, -0.05) is 58.3 Å².